The summed E-state index contributed by atoms with van der Waals surface area (Å²) < 4.78 is 18.5. The number of hydrogen-bond donors (Lipinski definition) is 1. The number of carbonyl (C=O) groups excluding carboxylic acids is 1. The predicted octanol–water partition coefficient (Wildman–Crippen LogP) is 4.49. The third-order valence-corrected chi connectivity index (χ3v) is 4.91. The quantitative estimate of drug-likeness (QED) is 0.480. The zero-order valence-electron chi connectivity index (χ0n) is 17.6. The lowest BCUT2D eigenvalue weighted by molar-refractivity contribution is 0.102. The maximum Gasteiger partial charge on any atom is 0.255 e. The van der Waals surface area contributed by atoms with Crippen molar-refractivity contribution in [3.8, 4) is 17.2 Å². The molecule has 0 bridgehead atoms. The van der Waals surface area contributed by atoms with Crippen LogP contribution in [-0.4, -0.2) is 29.5 Å². The molecule has 7 heteroatoms. The standard InChI is InChI=1S/C24H23N3O4/c1-16-21(29-2)11-17(12-22(16)30-3)24(28)26-18-7-6-8-20(13-18)31-15-19-14-27-10-5-4-9-23(27)25-19/h4-14H,15H2,1-3H3,(H,26,28). The average Bonchev–Trinajstić information content (AvgIpc) is 3.21. The molecule has 1 amide bonds. The monoisotopic (exact) mass is 417 g/mol. The van der Waals surface area contributed by atoms with E-state index in [2.05, 4.69) is 10.3 Å². The fourth-order valence-electron chi connectivity index (χ4n) is 3.30. The second kappa shape index (κ2) is 8.79. The van der Waals surface area contributed by atoms with Crippen molar-refractivity contribution in [1.29, 1.82) is 0 Å². The van der Waals surface area contributed by atoms with Gasteiger partial charge in [-0.25, -0.2) is 4.98 Å². The Kier molecular flexibility index (Phi) is 5.75. The molecule has 31 heavy (non-hydrogen) atoms. The minimum absolute atomic E-state index is 0.269. The highest BCUT2D eigenvalue weighted by Crippen LogP contribution is 2.30. The van der Waals surface area contributed by atoms with Crippen LogP contribution in [0.4, 0.5) is 5.69 Å². The van der Waals surface area contributed by atoms with E-state index in [1.165, 1.54) is 0 Å². The summed E-state index contributed by atoms with van der Waals surface area (Å²) >= 11 is 0. The van der Waals surface area contributed by atoms with Gasteiger partial charge in [0.15, 0.2) is 0 Å². The highest BCUT2D eigenvalue weighted by atomic mass is 16.5. The summed E-state index contributed by atoms with van der Waals surface area (Å²) in [5.74, 6) is 1.55. The molecule has 4 aromatic rings. The highest BCUT2D eigenvalue weighted by Gasteiger charge is 2.14. The number of hydrogen-bond acceptors (Lipinski definition) is 5. The van der Waals surface area contributed by atoms with Crippen LogP contribution in [0.5, 0.6) is 17.2 Å². The normalized spacial score (nSPS) is 10.7. The maximum atomic E-state index is 12.8. The summed E-state index contributed by atoms with van der Waals surface area (Å²) in [6, 6.07) is 16.5. The van der Waals surface area contributed by atoms with E-state index in [4.69, 9.17) is 14.2 Å². The molecular weight excluding hydrogens is 394 g/mol. The number of aromatic nitrogens is 2. The SMILES string of the molecule is COc1cc(C(=O)Nc2cccc(OCc3cn4ccccc4n3)c2)cc(OC)c1C. The molecule has 0 atom stereocenters. The number of anilines is 1. The van der Waals surface area contributed by atoms with E-state index in [0.717, 1.165) is 16.9 Å². The van der Waals surface area contributed by atoms with Crippen LogP contribution in [0.2, 0.25) is 0 Å². The Balaban J connectivity index is 1.46. The third-order valence-electron chi connectivity index (χ3n) is 4.91. The minimum atomic E-state index is -0.269. The number of nitrogens with zero attached hydrogens (tertiary/aromatic N) is 2. The number of imidazole rings is 1. The summed E-state index contributed by atoms with van der Waals surface area (Å²) in [4.78, 5) is 17.3. The Morgan fingerprint density at radius 3 is 2.52 bits per heavy atom. The van der Waals surface area contributed by atoms with E-state index in [-0.39, 0.29) is 5.91 Å². The van der Waals surface area contributed by atoms with Crippen molar-refractivity contribution in [1.82, 2.24) is 9.38 Å². The van der Waals surface area contributed by atoms with Gasteiger partial charge in [-0.3, -0.25) is 4.79 Å². The summed E-state index contributed by atoms with van der Waals surface area (Å²) in [6.45, 7) is 2.20. The molecule has 7 nitrogen and oxygen atoms in total. The van der Waals surface area contributed by atoms with Crippen molar-refractivity contribution in [2.45, 2.75) is 13.5 Å². The van der Waals surface area contributed by atoms with Crippen molar-refractivity contribution < 1.29 is 19.0 Å². The van der Waals surface area contributed by atoms with Crippen molar-refractivity contribution >= 4 is 17.2 Å². The number of pyridine rings is 1. The number of methoxy groups -OCH3 is 2. The smallest absolute Gasteiger partial charge is 0.255 e. The zero-order chi connectivity index (χ0) is 21.8. The minimum Gasteiger partial charge on any atom is -0.496 e. The molecule has 1 N–H and O–H groups in total. The van der Waals surface area contributed by atoms with Crippen LogP contribution in [0, 0.1) is 6.92 Å². The van der Waals surface area contributed by atoms with E-state index >= 15 is 0 Å². The number of carbonyl (C=O) groups is 1. The Bertz CT molecular complexity index is 1170. The van der Waals surface area contributed by atoms with Crippen molar-refractivity contribution in [3.63, 3.8) is 0 Å². The van der Waals surface area contributed by atoms with Gasteiger partial charge in [-0.05, 0) is 43.3 Å². The molecule has 0 fully saturated rings. The first kappa shape index (κ1) is 20.3. The molecule has 0 radical (unpaired) electrons. The topological polar surface area (TPSA) is 74.1 Å². The fourth-order valence-corrected chi connectivity index (χ4v) is 3.30. The highest BCUT2D eigenvalue weighted by molar-refractivity contribution is 6.05. The van der Waals surface area contributed by atoms with Gasteiger partial charge in [-0.15, -0.1) is 0 Å². The molecule has 0 spiro atoms. The molecule has 158 valence electrons. The molecule has 0 aliphatic heterocycles. The molecule has 0 saturated carbocycles. The van der Waals surface area contributed by atoms with Crippen LogP contribution in [0.25, 0.3) is 5.65 Å². The van der Waals surface area contributed by atoms with Crippen LogP contribution >= 0.6 is 0 Å². The number of rotatable bonds is 7. The molecule has 0 aliphatic carbocycles. The largest absolute Gasteiger partial charge is 0.496 e. The number of nitrogens with one attached hydrogen (secondary N) is 1. The molecule has 0 unspecified atom stereocenters. The average molecular weight is 417 g/mol. The van der Waals surface area contributed by atoms with Crippen molar-refractivity contribution in [2.24, 2.45) is 0 Å². The summed E-state index contributed by atoms with van der Waals surface area (Å²) in [7, 11) is 3.13. The van der Waals surface area contributed by atoms with Crippen molar-refractivity contribution in [3.05, 3.63) is 83.8 Å². The van der Waals surface area contributed by atoms with Gasteiger partial charge in [-0.1, -0.05) is 12.1 Å². The summed E-state index contributed by atoms with van der Waals surface area (Å²) in [5.41, 5.74) is 3.58. The number of ether oxygens (including phenoxy) is 3. The lowest BCUT2D eigenvalue weighted by atomic mass is 10.1. The van der Waals surface area contributed by atoms with Gasteiger partial charge in [0.1, 0.15) is 29.5 Å². The Labute approximate surface area is 180 Å². The second-order valence-corrected chi connectivity index (χ2v) is 6.97. The number of benzene rings is 2. The van der Waals surface area contributed by atoms with Crippen LogP contribution in [0.3, 0.4) is 0 Å². The van der Waals surface area contributed by atoms with Gasteiger partial charge in [0.2, 0.25) is 0 Å². The van der Waals surface area contributed by atoms with Gasteiger partial charge >= 0.3 is 0 Å². The van der Waals surface area contributed by atoms with Crippen LogP contribution in [0.1, 0.15) is 21.6 Å². The number of fused-ring (bicyclic) bond motifs is 1. The molecule has 0 aliphatic rings. The summed E-state index contributed by atoms with van der Waals surface area (Å²) in [6.07, 6.45) is 3.87. The van der Waals surface area contributed by atoms with E-state index in [1.54, 1.807) is 38.5 Å². The van der Waals surface area contributed by atoms with Gasteiger partial charge in [0.25, 0.3) is 5.91 Å². The first-order chi connectivity index (χ1) is 15.1. The molecule has 2 aromatic carbocycles. The predicted molar refractivity (Wildman–Crippen MR) is 118 cm³/mol. The molecule has 2 heterocycles. The fraction of sp³-hybridized carbons (Fsp3) is 0.167. The Morgan fingerprint density at radius 1 is 1.03 bits per heavy atom. The zero-order valence-corrected chi connectivity index (χ0v) is 17.6. The summed E-state index contributed by atoms with van der Waals surface area (Å²) in [5, 5.41) is 2.89. The van der Waals surface area contributed by atoms with E-state index < -0.39 is 0 Å². The lowest BCUT2D eigenvalue weighted by Crippen LogP contribution is -2.12. The molecular formula is C24H23N3O4. The van der Waals surface area contributed by atoms with Gasteiger partial charge in [-0.2, -0.15) is 0 Å². The maximum absolute atomic E-state index is 12.8. The first-order valence-corrected chi connectivity index (χ1v) is 9.77. The van der Waals surface area contributed by atoms with Crippen LogP contribution in [0.15, 0.2) is 67.0 Å². The van der Waals surface area contributed by atoms with Crippen molar-refractivity contribution in [2.75, 3.05) is 19.5 Å². The van der Waals surface area contributed by atoms with E-state index in [1.807, 2.05) is 54.0 Å². The van der Waals surface area contributed by atoms with Crippen LogP contribution in [-0.2, 0) is 6.61 Å². The molecule has 2 aromatic heterocycles. The number of amides is 1. The third kappa shape index (κ3) is 4.45. The lowest BCUT2D eigenvalue weighted by Gasteiger charge is -2.13. The first-order valence-electron chi connectivity index (χ1n) is 9.77. The Hall–Kier alpha value is -4.00. The van der Waals surface area contributed by atoms with Gasteiger partial charge in [0, 0.05) is 35.3 Å². The van der Waals surface area contributed by atoms with E-state index in [0.29, 0.717) is 35.1 Å². The molecule has 4 rings (SSSR count). The Morgan fingerprint density at radius 2 is 1.81 bits per heavy atom. The van der Waals surface area contributed by atoms with Gasteiger partial charge < -0.3 is 23.9 Å². The second-order valence-electron chi connectivity index (χ2n) is 6.97. The van der Waals surface area contributed by atoms with E-state index in [9.17, 15) is 4.79 Å². The van der Waals surface area contributed by atoms with Crippen LogP contribution < -0.4 is 19.5 Å². The molecule has 0 saturated heterocycles. The van der Waals surface area contributed by atoms with Gasteiger partial charge in [0.05, 0.1) is 19.9 Å².